The first kappa shape index (κ1) is 14.8. The summed E-state index contributed by atoms with van der Waals surface area (Å²) in [4.78, 5) is 16.2. The normalized spacial score (nSPS) is 16.6. The Morgan fingerprint density at radius 2 is 2.00 bits per heavy atom. The lowest BCUT2D eigenvalue weighted by Gasteiger charge is -2.35. The molecule has 20 heavy (non-hydrogen) atoms. The van der Waals surface area contributed by atoms with Crippen molar-refractivity contribution in [2.45, 2.75) is 18.9 Å². The molecule has 1 aliphatic heterocycles. The van der Waals surface area contributed by atoms with Gasteiger partial charge in [0.2, 0.25) is 0 Å². The minimum absolute atomic E-state index is 0.120. The molecule has 1 fully saturated rings. The van der Waals surface area contributed by atoms with Crippen molar-refractivity contribution in [2.24, 2.45) is 0 Å². The zero-order valence-electron chi connectivity index (χ0n) is 12.2. The van der Waals surface area contributed by atoms with Gasteiger partial charge in [0.1, 0.15) is 11.6 Å². The van der Waals surface area contributed by atoms with Crippen molar-refractivity contribution in [3.63, 3.8) is 0 Å². The summed E-state index contributed by atoms with van der Waals surface area (Å²) in [6.07, 6.45) is 1.85. The van der Waals surface area contributed by atoms with Crippen LogP contribution in [-0.2, 0) is 0 Å². The fourth-order valence-electron chi connectivity index (χ4n) is 2.55. The lowest BCUT2D eigenvalue weighted by Crippen LogP contribution is -2.44. The molecule has 110 valence electrons. The molecule has 0 spiro atoms. The molecular formula is C15H21FN2O2. The van der Waals surface area contributed by atoms with Crippen molar-refractivity contribution < 1.29 is 13.9 Å². The second kappa shape index (κ2) is 6.22. The van der Waals surface area contributed by atoms with Crippen LogP contribution in [-0.4, -0.2) is 56.0 Å². The topological polar surface area (TPSA) is 32.8 Å². The van der Waals surface area contributed by atoms with Gasteiger partial charge in [-0.05, 0) is 39.1 Å². The number of carbonyl (C=O) groups is 1. The number of piperidine rings is 1. The zero-order chi connectivity index (χ0) is 14.7. The van der Waals surface area contributed by atoms with E-state index >= 15 is 0 Å². The molecule has 1 saturated heterocycles. The summed E-state index contributed by atoms with van der Waals surface area (Å²) in [6, 6.07) is 4.86. The number of benzene rings is 1. The van der Waals surface area contributed by atoms with E-state index in [1.807, 2.05) is 14.1 Å². The van der Waals surface area contributed by atoms with Crippen LogP contribution in [0.3, 0.4) is 0 Å². The average molecular weight is 280 g/mol. The SMILES string of the molecule is COc1ccc(C(=O)N2CCC(N(C)C)CC2)c(F)c1. The van der Waals surface area contributed by atoms with Crippen LogP contribution in [0.4, 0.5) is 4.39 Å². The molecule has 1 heterocycles. The first-order valence-electron chi connectivity index (χ1n) is 6.82. The molecular weight excluding hydrogens is 259 g/mol. The van der Waals surface area contributed by atoms with Crippen LogP contribution >= 0.6 is 0 Å². The molecule has 0 unspecified atom stereocenters. The standard InChI is InChI=1S/C15H21FN2O2/c1-17(2)11-6-8-18(9-7-11)15(19)13-5-4-12(20-3)10-14(13)16/h4-5,10-11H,6-9H2,1-3H3. The van der Waals surface area contributed by atoms with E-state index in [1.165, 1.54) is 19.2 Å². The van der Waals surface area contributed by atoms with E-state index in [0.717, 1.165) is 12.8 Å². The first-order valence-corrected chi connectivity index (χ1v) is 6.82. The Hall–Kier alpha value is -1.62. The molecule has 1 amide bonds. The van der Waals surface area contributed by atoms with Gasteiger partial charge in [-0.2, -0.15) is 0 Å². The molecule has 0 radical (unpaired) electrons. The van der Waals surface area contributed by atoms with Gasteiger partial charge in [-0.3, -0.25) is 4.79 Å². The van der Waals surface area contributed by atoms with Gasteiger partial charge >= 0.3 is 0 Å². The summed E-state index contributed by atoms with van der Waals surface area (Å²) in [5.41, 5.74) is 0.120. The smallest absolute Gasteiger partial charge is 0.256 e. The van der Waals surface area contributed by atoms with Crippen LogP contribution in [0.5, 0.6) is 5.75 Å². The minimum atomic E-state index is -0.524. The minimum Gasteiger partial charge on any atom is -0.497 e. The van der Waals surface area contributed by atoms with E-state index in [2.05, 4.69) is 4.90 Å². The third-order valence-corrected chi connectivity index (χ3v) is 3.89. The predicted octanol–water partition coefficient (Wildman–Crippen LogP) is 2.00. The van der Waals surface area contributed by atoms with Crippen molar-refractivity contribution in [1.29, 1.82) is 0 Å². The van der Waals surface area contributed by atoms with Crippen molar-refractivity contribution in [2.75, 3.05) is 34.3 Å². The maximum absolute atomic E-state index is 13.9. The van der Waals surface area contributed by atoms with Crippen LogP contribution < -0.4 is 4.74 Å². The molecule has 1 aliphatic rings. The van der Waals surface area contributed by atoms with Crippen LogP contribution in [0.1, 0.15) is 23.2 Å². The molecule has 0 atom stereocenters. The van der Waals surface area contributed by atoms with E-state index in [-0.39, 0.29) is 11.5 Å². The van der Waals surface area contributed by atoms with E-state index in [1.54, 1.807) is 11.0 Å². The Morgan fingerprint density at radius 1 is 1.35 bits per heavy atom. The highest BCUT2D eigenvalue weighted by molar-refractivity contribution is 5.94. The van der Waals surface area contributed by atoms with Gasteiger partial charge in [0.25, 0.3) is 5.91 Å². The number of carbonyl (C=O) groups excluding carboxylic acids is 1. The lowest BCUT2D eigenvalue weighted by molar-refractivity contribution is 0.0658. The van der Waals surface area contributed by atoms with Gasteiger partial charge < -0.3 is 14.5 Å². The number of rotatable bonds is 3. The highest BCUT2D eigenvalue weighted by Gasteiger charge is 2.26. The molecule has 0 bridgehead atoms. The highest BCUT2D eigenvalue weighted by atomic mass is 19.1. The summed E-state index contributed by atoms with van der Waals surface area (Å²) >= 11 is 0. The Morgan fingerprint density at radius 3 is 2.50 bits per heavy atom. The van der Waals surface area contributed by atoms with Gasteiger partial charge in [-0.25, -0.2) is 4.39 Å². The molecule has 2 rings (SSSR count). The molecule has 4 nitrogen and oxygen atoms in total. The maximum Gasteiger partial charge on any atom is 0.256 e. The number of halogens is 1. The molecule has 0 N–H and O–H groups in total. The molecule has 0 aliphatic carbocycles. The average Bonchev–Trinajstić information content (AvgIpc) is 2.46. The van der Waals surface area contributed by atoms with Crippen molar-refractivity contribution in [1.82, 2.24) is 9.80 Å². The van der Waals surface area contributed by atoms with Crippen LogP contribution in [0.2, 0.25) is 0 Å². The Kier molecular flexibility index (Phi) is 4.60. The van der Waals surface area contributed by atoms with Gasteiger partial charge in [-0.15, -0.1) is 0 Å². The van der Waals surface area contributed by atoms with Crippen molar-refractivity contribution in [3.8, 4) is 5.75 Å². The lowest BCUT2D eigenvalue weighted by atomic mass is 10.0. The Balaban J connectivity index is 2.05. The van der Waals surface area contributed by atoms with Gasteiger partial charge in [0.05, 0.1) is 12.7 Å². The molecule has 5 heteroatoms. The molecule has 0 aromatic heterocycles. The zero-order valence-corrected chi connectivity index (χ0v) is 12.2. The maximum atomic E-state index is 13.9. The number of nitrogens with zero attached hydrogens (tertiary/aromatic N) is 2. The number of hydrogen-bond acceptors (Lipinski definition) is 3. The van der Waals surface area contributed by atoms with E-state index in [0.29, 0.717) is 24.9 Å². The second-order valence-electron chi connectivity index (χ2n) is 5.33. The monoisotopic (exact) mass is 280 g/mol. The summed E-state index contributed by atoms with van der Waals surface area (Å²) in [7, 11) is 5.57. The number of amides is 1. The number of hydrogen-bond donors (Lipinski definition) is 0. The Labute approximate surface area is 119 Å². The number of likely N-dealkylation sites (tertiary alicyclic amines) is 1. The highest BCUT2D eigenvalue weighted by Crippen LogP contribution is 2.21. The van der Waals surface area contributed by atoms with Crippen LogP contribution in [0.15, 0.2) is 18.2 Å². The largest absolute Gasteiger partial charge is 0.497 e. The van der Waals surface area contributed by atoms with Gasteiger partial charge in [0, 0.05) is 25.2 Å². The summed E-state index contributed by atoms with van der Waals surface area (Å²) in [5, 5.41) is 0. The number of methoxy groups -OCH3 is 1. The summed E-state index contributed by atoms with van der Waals surface area (Å²) in [5.74, 6) is -0.336. The predicted molar refractivity (Wildman–Crippen MR) is 75.6 cm³/mol. The number of ether oxygens (including phenoxy) is 1. The summed E-state index contributed by atoms with van der Waals surface area (Å²) in [6.45, 7) is 1.35. The quantitative estimate of drug-likeness (QED) is 0.849. The summed E-state index contributed by atoms with van der Waals surface area (Å²) < 4.78 is 18.9. The third kappa shape index (κ3) is 3.10. The fraction of sp³-hybridized carbons (Fsp3) is 0.533. The fourth-order valence-corrected chi connectivity index (χ4v) is 2.55. The third-order valence-electron chi connectivity index (χ3n) is 3.89. The second-order valence-corrected chi connectivity index (χ2v) is 5.33. The van der Waals surface area contributed by atoms with E-state index in [4.69, 9.17) is 4.74 Å². The van der Waals surface area contributed by atoms with Gasteiger partial charge in [-0.1, -0.05) is 0 Å². The molecule has 0 saturated carbocycles. The van der Waals surface area contributed by atoms with Crippen molar-refractivity contribution >= 4 is 5.91 Å². The molecule has 1 aromatic rings. The Bertz CT molecular complexity index is 483. The van der Waals surface area contributed by atoms with Crippen LogP contribution in [0, 0.1) is 5.82 Å². The molecule has 1 aromatic carbocycles. The van der Waals surface area contributed by atoms with E-state index in [9.17, 15) is 9.18 Å². The van der Waals surface area contributed by atoms with Crippen molar-refractivity contribution in [3.05, 3.63) is 29.6 Å². The van der Waals surface area contributed by atoms with Crippen LogP contribution in [0.25, 0.3) is 0 Å². The van der Waals surface area contributed by atoms with Gasteiger partial charge in [0.15, 0.2) is 0 Å². The van der Waals surface area contributed by atoms with E-state index < -0.39 is 5.82 Å². The first-order chi connectivity index (χ1) is 9.52.